The van der Waals surface area contributed by atoms with E-state index in [1.165, 1.54) is 30.0 Å². The number of hydrogen-bond acceptors (Lipinski definition) is 3. The van der Waals surface area contributed by atoms with Crippen LogP contribution in [0.25, 0.3) is 0 Å². The third-order valence-electron chi connectivity index (χ3n) is 2.29. The zero-order valence-corrected chi connectivity index (χ0v) is 11.1. The molecule has 1 N–H and O–H groups in total. The molecule has 2 nitrogen and oxygen atoms in total. The summed E-state index contributed by atoms with van der Waals surface area (Å²) in [6.45, 7) is 5.44. The average Bonchev–Trinajstić information content (AvgIpc) is 2.33. The fraction of sp³-hybridized carbons (Fsp3) is 0.615. The van der Waals surface area contributed by atoms with Gasteiger partial charge in [-0.25, -0.2) is 0 Å². The van der Waals surface area contributed by atoms with E-state index in [4.69, 9.17) is 0 Å². The van der Waals surface area contributed by atoms with E-state index in [0.29, 0.717) is 0 Å². The number of nitrogens with one attached hydrogen (secondary N) is 1. The highest BCUT2D eigenvalue weighted by molar-refractivity contribution is 7.98. The van der Waals surface area contributed by atoms with Crippen LogP contribution in [-0.4, -0.2) is 17.3 Å². The van der Waals surface area contributed by atoms with Gasteiger partial charge in [0, 0.05) is 24.2 Å². The number of pyridine rings is 1. The molecule has 0 aliphatic carbocycles. The summed E-state index contributed by atoms with van der Waals surface area (Å²) in [4.78, 5) is 4.38. The standard InChI is InChI=1S/C13H22N2S/c1-3-5-9-16-11-13-10-12(6-8-15-13)14-7-4-2/h6,8,10H,3-5,7,9,11H2,1-2H3,(H,14,15). The molecule has 0 aromatic carbocycles. The van der Waals surface area contributed by atoms with Gasteiger partial charge in [0.05, 0.1) is 5.69 Å². The van der Waals surface area contributed by atoms with Crippen LogP contribution >= 0.6 is 11.8 Å². The van der Waals surface area contributed by atoms with Crippen molar-refractivity contribution in [1.82, 2.24) is 4.98 Å². The number of aromatic nitrogens is 1. The number of thioether (sulfide) groups is 1. The number of nitrogens with zero attached hydrogens (tertiary/aromatic N) is 1. The minimum atomic E-state index is 1.03. The minimum absolute atomic E-state index is 1.03. The van der Waals surface area contributed by atoms with Gasteiger partial charge >= 0.3 is 0 Å². The second-order valence-electron chi connectivity index (χ2n) is 3.87. The third-order valence-corrected chi connectivity index (χ3v) is 3.37. The molecule has 1 rings (SSSR count). The van der Waals surface area contributed by atoms with Gasteiger partial charge < -0.3 is 5.32 Å². The van der Waals surface area contributed by atoms with Crippen LogP contribution in [0.15, 0.2) is 18.3 Å². The van der Waals surface area contributed by atoms with Crippen molar-refractivity contribution in [3.63, 3.8) is 0 Å². The van der Waals surface area contributed by atoms with E-state index in [1.807, 2.05) is 24.0 Å². The fourth-order valence-electron chi connectivity index (χ4n) is 1.36. The Hall–Kier alpha value is -0.700. The van der Waals surface area contributed by atoms with Gasteiger partial charge in [0.2, 0.25) is 0 Å². The lowest BCUT2D eigenvalue weighted by molar-refractivity contribution is 0.895. The van der Waals surface area contributed by atoms with Gasteiger partial charge in [-0.2, -0.15) is 11.8 Å². The van der Waals surface area contributed by atoms with E-state index < -0.39 is 0 Å². The highest BCUT2D eigenvalue weighted by Gasteiger charge is 1.97. The van der Waals surface area contributed by atoms with Gasteiger partial charge in [0.1, 0.15) is 0 Å². The predicted octanol–water partition coefficient (Wildman–Crippen LogP) is 3.94. The van der Waals surface area contributed by atoms with E-state index in [2.05, 4.69) is 30.2 Å². The quantitative estimate of drug-likeness (QED) is 0.694. The zero-order chi connectivity index (χ0) is 11.6. The smallest absolute Gasteiger partial charge is 0.0523 e. The Morgan fingerprint density at radius 3 is 2.94 bits per heavy atom. The summed E-state index contributed by atoms with van der Waals surface area (Å²) in [5.41, 5.74) is 2.38. The number of rotatable bonds is 8. The molecule has 0 saturated heterocycles. The lowest BCUT2D eigenvalue weighted by atomic mass is 10.3. The van der Waals surface area contributed by atoms with Gasteiger partial charge in [0.25, 0.3) is 0 Å². The lowest BCUT2D eigenvalue weighted by Gasteiger charge is -2.06. The van der Waals surface area contributed by atoms with Crippen molar-refractivity contribution in [2.75, 3.05) is 17.6 Å². The third kappa shape index (κ3) is 5.40. The molecule has 90 valence electrons. The zero-order valence-electron chi connectivity index (χ0n) is 10.3. The van der Waals surface area contributed by atoms with Crippen LogP contribution in [0.3, 0.4) is 0 Å². The van der Waals surface area contributed by atoms with Gasteiger partial charge in [-0.05, 0) is 30.7 Å². The summed E-state index contributed by atoms with van der Waals surface area (Å²) in [6, 6.07) is 4.20. The molecule has 0 spiro atoms. The summed E-state index contributed by atoms with van der Waals surface area (Å²) in [5.74, 6) is 2.27. The molecule has 0 saturated carbocycles. The molecule has 1 aromatic rings. The van der Waals surface area contributed by atoms with Gasteiger partial charge in [-0.1, -0.05) is 20.3 Å². The summed E-state index contributed by atoms with van der Waals surface area (Å²) < 4.78 is 0. The van der Waals surface area contributed by atoms with Crippen molar-refractivity contribution in [1.29, 1.82) is 0 Å². The fourth-order valence-corrected chi connectivity index (χ4v) is 2.36. The van der Waals surface area contributed by atoms with E-state index in [1.54, 1.807) is 0 Å². The molecule has 0 radical (unpaired) electrons. The van der Waals surface area contributed by atoms with Crippen molar-refractivity contribution in [2.24, 2.45) is 0 Å². The molecule has 0 unspecified atom stereocenters. The van der Waals surface area contributed by atoms with Crippen molar-refractivity contribution in [3.05, 3.63) is 24.0 Å². The van der Waals surface area contributed by atoms with E-state index in [-0.39, 0.29) is 0 Å². The topological polar surface area (TPSA) is 24.9 Å². The van der Waals surface area contributed by atoms with Crippen LogP contribution in [-0.2, 0) is 5.75 Å². The summed E-state index contributed by atoms with van der Waals surface area (Å²) >= 11 is 1.97. The normalized spacial score (nSPS) is 10.4. The Labute approximate surface area is 103 Å². The first kappa shape index (κ1) is 13.4. The van der Waals surface area contributed by atoms with Gasteiger partial charge in [0.15, 0.2) is 0 Å². The Bertz CT molecular complexity index is 289. The van der Waals surface area contributed by atoms with Crippen LogP contribution < -0.4 is 5.32 Å². The lowest BCUT2D eigenvalue weighted by Crippen LogP contribution is -2.00. The Morgan fingerprint density at radius 1 is 1.31 bits per heavy atom. The van der Waals surface area contributed by atoms with Crippen LogP contribution in [0.4, 0.5) is 5.69 Å². The van der Waals surface area contributed by atoms with Crippen molar-refractivity contribution >= 4 is 17.4 Å². The molecule has 1 heterocycles. The number of unbranched alkanes of at least 4 members (excludes halogenated alkanes) is 1. The molecule has 3 heteroatoms. The monoisotopic (exact) mass is 238 g/mol. The van der Waals surface area contributed by atoms with Crippen LogP contribution in [0.1, 0.15) is 38.8 Å². The maximum absolute atomic E-state index is 4.38. The van der Waals surface area contributed by atoms with Crippen LogP contribution in [0, 0.1) is 0 Å². The summed E-state index contributed by atoms with van der Waals surface area (Å²) in [5, 5.41) is 3.39. The van der Waals surface area contributed by atoms with E-state index in [0.717, 1.165) is 18.7 Å². The maximum atomic E-state index is 4.38. The van der Waals surface area contributed by atoms with Crippen LogP contribution in [0.5, 0.6) is 0 Å². The molecule has 1 aromatic heterocycles. The highest BCUT2D eigenvalue weighted by atomic mass is 32.2. The summed E-state index contributed by atoms with van der Waals surface area (Å²) in [7, 11) is 0. The Kier molecular flexibility index (Phi) is 7.06. The highest BCUT2D eigenvalue weighted by Crippen LogP contribution is 2.15. The first-order valence-corrected chi connectivity index (χ1v) is 7.28. The molecule has 0 bridgehead atoms. The summed E-state index contributed by atoms with van der Waals surface area (Å²) in [6.07, 6.45) is 5.63. The van der Waals surface area contributed by atoms with Crippen LogP contribution in [0.2, 0.25) is 0 Å². The van der Waals surface area contributed by atoms with Gasteiger partial charge in [-0.3, -0.25) is 4.98 Å². The average molecular weight is 238 g/mol. The second-order valence-corrected chi connectivity index (χ2v) is 4.97. The SMILES string of the molecule is CCCCSCc1cc(NCCC)ccn1. The Balaban J connectivity index is 2.35. The molecule has 0 amide bonds. The number of hydrogen-bond donors (Lipinski definition) is 1. The van der Waals surface area contributed by atoms with E-state index in [9.17, 15) is 0 Å². The second kappa shape index (κ2) is 8.45. The van der Waals surface area contributed by atoms with Gasteiger partial charge in [-0.15, -0.1) is 0 Å². The van der Waals surface area contributed by atoms with Crippen molar-refractivity contribution < 1.29 is 0 Å². The minimum Gasteiger partial charge on any atom is -0.385 e. The molecule has 16 heavy (non-hydrogen) atoms. The van der Waals surface area contributed by atoms with E-state index >= 15 is 0 Å². The molecule has 0 atom stereocenters. The molecule has 0 aliphatic rings. The number of anilines is 1. The van der Waals surface area contributed by atoms with Crippen molar-refractivity contribution in [3.8, 4) is 0 Å². The Morgan fingerprint density at radius 2 is 2.19 bits per heavy atom. The molecular weight excluding hydrogens is 216 g/mol. The predicted molar refractivity (Wildman–Crippen MR) is 74.1 cm³/mol. The molecule has 0 aliphatic heterocycles. The molecular formula is C13H22N2S. The maximum Gasteiger partial charge on any atom is 0.0523 e. The first-order chi connectivity index (χ1) is 7.86. The largest absolute Gasteiger partial charge is 0.385 e. The first-order valence-electron chi connectivity index (χ1n) is 6.13. The molecule has 0 fully saturated rings. The van der Waals surface area contributed by atoms with Crippen molar-refractivity contribution in [2.45, 2.75) is 38.9 Å².